The lowest BCUT2D eigenvalue weighted by atomic mass is 10.1. The maximum Gasteiger partial charge on any atom is 0.228 e. The fraction of sp³-hybridized carbons (Fsp3) is 0.389. The van der Waals surface area contributed by atoms with Crippen LogP contribution in [0.4, 0.5) is 5.69 Å². The number of carbonyl (C=O) groups excluding carboxylic acids is 2. The van der Waals surface area contributed by atoms with Crippen molar-refractivity contribution in [2.24, 2.45) is 0 Å². The second-order valence-corrected chi connectivity index (χ2v) is 6.23. The summed E-state index contributed by atoms with van der Waals surface area (Å²) in [4.78, 5) is 23.9. The van der Waals surface area contributed by atoms with E-state index in [-0.39, 0.29) is 24.3 Å². The third-order valence-corrected chi connectivity index (χ3v) is 3.67. The molecule has 24 heavy (non-hydrogen) atoms. The predicted molar refractivity (Wildman–Crippen MR) is 93.8 cm³/mol. The van der Waals surface area contributed by atoms with Crippen LogP contribution < -0.4 is 10.6 Å². The van der Waals surface area contributed by atoms with E-state index in [0.717, 1.165) is 22.5 Å². The average molecular weight is 328 g/mol. The van der Waals surface area contributed by atoms with Gasteiger partial charge in [-0.05, 0) is 45.4 Å². The molecule has 0 saturated carbocycles. The molecule has 2 rings (SSSR count). The van der Waals surface area contributed by atoms with Crippen molar-refractivity contribution in [3.05, 3.63) is 46.8 Å². The van der Waals surface area contributed by atoms with E-state index in [0.29, 0.717) is 12.1 Å². The third kappa shape index (κ3) is 4.94. The molecule has 6 nitrogen and oxygen atoms in total. The van der Waals surface area contributed by atoms with Gasteiger partial charge in [-0.2, -0.15) is 5.10 Å². The molecule has 0 spiro atoms. The molecule has 2 amide bonds. The highest BCUT2D eigenvalue weighted by Gasteiger charge is 2.12. The molecule has 0 saturated heterocycles. The Morgan fingerprint density at radius 3 is 2.29 bits per heavy atom. The van der Waals surface area contributed by atoms with Gasteiger partial charge in [0.2, 0.25) is 11.8 Å². The van der Waals surface area contributed by atoms with Gasteiger partial charge in [0.1, 0.15) is 0 Å². The fourth-order valence-corrected chi connectivity index (χ4v) is 2.46. The van der Waals surface area contributed by atoms with Crippen LogP contribution in [-0.2, 0) is 22.4 Å². The highest BCUT2D eigenvalue weighted by molar-refractivity contribution is 5.92. The minimum absolute atomic E-state index is 0.00677. The number of aromatic amines is 1. The zero-order valence-electron chi connectivity index (χ0n) is 14.6. The molecular formula is C18H24N4O2. The van der Waals surface area contributed by atoms with Crippen LogP contribution in [0.5, 0.6) is 0 Å². The second-order valence-electron chi connectivity index (χ2n) is 6.23. The summed E-state index contributed by atoms with van der Waals surface area (Å²) in [6.07, 6.45) is 0.618. The first-order valence-electron chi connectivity index (χ1n) is 8.03. The van der Waals surface area contributed by atoms with Crippen molar-refractivity contribution in [1.29, 1.82) is 0 Å². The summed E-state index contributed by atoms with van der Waals surface area (Å²) < 4.78 is 0. The maximum absolute atomic E-state index is 12.2. The lowest BCUT2D eigenvalue weighted by Gasteiger charge is -2.09. The first-order valence-corrected chi connectivity index (χ1v) is 8.03. The van der Waals surface area contributed by atoms with E-state index in [9.17, 15) is 9.59 Å². The molecule has 2 aromatic rings. The monoisotopic (exact) mass is 328 g/mol. The van der Waals surface area contributed by atoms with E-state index >= 15 is 0 Å². The smallest absolute Gasteiger partial charge is 0.228 e. The van der Waals surface area contributed by atoms with Crippen LogP contribution in [0, 0.1) is 13.8 Å². The predicted octanol–water partition coefficient (Wildman–Crippen LogP) is 2.27. The van der Waals surface area contributed by atoms with Crippen LogP contribution in [-0.4, -0.2) is 28.1 Å². The number of H-pyrrole nitrogens is 1. The quantitative estimate of drug-likeness (QED) is 0.760. The zero-order valence-corrected chi connectivity index (χ0v) is 14.6. The van der Waals surface area contributed by atoms with Crippen LogP contribution in [0.25, 0.3) is 0 Å². The van der Waals surface area contributed by atoms with E-state index in [1.54, 1.807) is 0 Å². The molecule has 0 unspecified atom stereocenters. The van der Waals surface area contributed by atoms with E-state index in [4.69, 9.17) is 0 Å². The average Bonchev–Trinajstić information content (AvgIpc) is 2.80. The molecule has 0 fully saturated rings. The minimum Gasteiger partial charge on any atom is -0.354 e. The Balaban J connectivity index is 1.91. The standard InChI is InChI=1S/C18H24N4O2/c1-11(2)19-17(23)9-14-5-7-15(8-6-14)20-18(24)10-16-12(3)21-22-13(16)4/h5-8,11H,9-10H2,1-4H3,(H,19,23)(H,20,24)(H,21,22). The number of nitrogens with one attached hydrogen (secondary N) is 3. The number of amides is 2. The first-order chi connectivity index (χ1) is 11.3. The fourth-order valence-electron chi connectivity index (χ4n) is 2.46. The second kappa shape index (κ2) is 7.77. The number of rotatable bonds is 6. The molecule has 128 valence electrons. The maximum atomic E-state index is 12.2. The Morgan fingerprint density at radius 2 is 1.75 bits per heavy atom. The van der Waals surface area contributed by atoms with Crippen molar-refractivity contribution in [2.75, 3.05) is 5.32 Å². The van der Waals surface area contributed by atoms with Crippen LogP contribution in [0.2, 0.25) is 0 Å². The van der Waals surface area contributed by atoms with Crippen molar-refractivity contribution in [1.82, 2.24) is 15.5 Å². The number of aryl methyl sites for hydroxylation is 2. The molecule has 1 heterocycles. The molecule has 0 atom stereocenters. The van der Waals surface area contributed by atoms with Crippen molar-refractivity contribution in [2.45, 2.75) is 46.6 Å². The summed E-state index contributed by atoms with van der Waals surface area (Å²) in [5, 5.41) is 12.7. The molecular weight excluding hydrogens is 304 g/mol. The van der Waals surface area contributed by atoms with Gasteiger partial charge in [0.25, 0.3) is 0 Å². The van der Waals surface area contributed by atoms with Gasteiger partial charge in [0.15, 0.2) is 0 Å². The Labute approximate surface area is 142 Å². The summed E-state index contributed by atoms with van der Waals surface area (Å²) in [6.45, 7) is 7.64. The molecule has 6 heteroatoms. The van der Waals surface area contributed by atoms with Gasteiger partial charge in [-0.1, -0.05) is 12.1 Å². The Hall–Kier alpha value is -2.63. The highest BCUT2D eigenvalue weighted by Crippen LogP contribution is 2.13. The number of carbonyl (C=O) groups is 2. The first kappa shape index (κ1) is 17.7. The summed E-state index contributed by atoms with van der Waals surface area (Å²) in [7, 11) is 0. The van der Waals surface area contributed by atoms with Gasteiger partial charge < -0.3 is 10.6 Å². The summed E-state index contributed by atoms with van der Waals surface area (Å²) in [5.74, 6) is -0.0967. The lowest BCUT2D eigenvalue weighted by Crippen LogP contribution is -2.31. The van der Waals surface area contributed by atoms with Crippen molar-refractivity contribution in [3.8, 4) is 0 Å². The highest BCUT2D eigenvalue weighted by atomic mass is 16.2. The SMILES string of the molecule is Cc1n[nH]c(C)c1CC(=O)Nc1ccc(CC(=O)NC(C)C)cc1. The molecule has 0 radical (unpaired) electrons. The molecule has 3 N–H and O–H groups in total. The molecule has 1 aromatic carbocycles. The Kier molecular flexibility index (Phi) is 5.73. The third-order valence-electron chi connectivity index (χ3n) is 3.67. The Morgan fingerprint density at radius 1 is 1.08 bits per heavy atom. The lowest BCUT2D eigenvalue weighted by molar-refractivity contribution is -0.121. The summed E-state index contributed by atoms with van der Waals surface area (Å²) >= 11 is 0. The van der Waals surface area contributed by atoms with Gasteiger partial charge in [-0.25, -0.2) is 0 Å². The molecule has 0 aliphatic rings. The number of nitrogens with zero attached hydrogens (tertiary/aromatic N) is 1. The van der Waals surface area contributed by atoms with Crippen LogP contribution in [0.15, 0.2) is 24.3 Å². The molecule has 0 bridgehead atoms. The van der Waals surface area contributed by atoms with Gasteiger partial charge in [0, 0.05) is 23.0 Å². The van der Waals surface area contributed by atoms with Crippen LogP contribution in [0.3, 0.4) is 0 Å². The van der Waals surface area contributed by atoms with Gasteiger partial charge in [-0.15, -0.1) is 0 Å². The molecule has 1 aromatic heterocycles. The van der Waals surface area contributed by atoms with Gasteiger partial charge >= 0.3 is 0 Å². The number of hydrogen-bond acceptors (Lipinski definition) is 3. The number of hydrogen-bond donors (Lipinski definition) is 3. The van der Waals surface area contributed by atoms with Gasteiger partial charge in [0.05, 0.1) is 18.5 Å². The van der Waals surface area contributed by atoms with E-state index in [1.165, 1.54) is 0 Å². The number of benzene rings is 1. The largest absolute Gasteiger partial charge is 0.354 e. The van der Waals surface area contributed by atoms with Crippen molar-refractivity contribution in [3.63, 3.8) is 0 Å². The van der Waals surface area contributed by atoms with Crippen molar-refractivity contribution < 1.29 is 9.59 Å². The van der Waals surface area contributed by atoms with E-state index in [1.807, 2.05) is 52.0 Å². The van der Waals surface area contributed by atoms with Crippen LogP contribution >= 0.6 is 0 Å². The topological polar surface area (TPSA) is 86.9 Å². The zero-order chi connectivity index (χ0) is 17.7. The normalized spacial score (nSPS) is 10.7. The number of anilines is 1. The molecule has 0 aliphatic carbocycles. The van der Waals surface area contributed by atoms with E-state index < -0.39 is 0 Å². The van der Waals surface area contributed by atoms with Gasteiger partial charge in [-0.3, -0.25) is 14.7 Å². The number of aromatic nitrogens is 2. The Bertz CT molecular complexity index is 698. The van der Waals surface area contributed by atoms with Crippen molar-refractivity contribution >= 4 is 17.5 Å². The summed E-state index contributed by atoms with van der Waals surface area (Å²) in [6, 6.07) is 7.45. The van der Waals surface area contributed by atoms with Crippen LogP contribution in [0.1, 0.15) is 36.4 Å². The molecule has 0 aliphatic heterocycles. The van der Waals surface area contributed by atoms with E-state index in [2.05, 4.69) is 20.8 Å². The minimum atomic E-state index is -0.0899. The summed E-state index contributed by atoms with van der Waals surface area (Å²) in [5.41, 5.74) is 4.30.